The van der Waals surface area contributed by atoms with E-state index in [1.165, 1.54) is 27.3 Å². The van der Waals surface area contributed by atoms with Gasteiger partial charge < -0.3 is 28.8 Å². The standard InChI is InChI=1S/C59H71B2N5O6/c1-8-9-31-62-54-30-29-51-55-49(54)17-14-18-50(55)56(67)66(57(51)68)33-32-64(37-46-15-10-12-19-52(46)60-69-39-58(2,3)40-70-60)34-43-21-23-44(24-22-43)35-65(36-45-25-27-48(28-26-45)63(6)7)38-47-16-11-13-20-53(47)61-71-41-59(4,5)42-72-61/h10-30,62H,8-9,31-42H2,1-7H3. The van der Waals surface area contributed by atoms with Crippen molar-refractivity contribution in [2.75, 3.05) is 70.4 Å². The number of nitrogens with one attached hydrogen (secondary N) is 1. The molecular weight excluding hydrogens is 896 g/mol. The summed E-state index contributed by atoms with van der Waals surface area (Å²) in [5.74, 6) is -0.521. The van der Waals surface area contributed by atoms with E-state index in [0.29, 0.717) is 63.7 Å². The third-order valence-corrected chi connectivity index (χ3v) is 14.1. The molecule has 1 N–H and O–H groups in total. The fraction of sp³-hybridized carbons (Fsp3) is 0.390. The minimum absolute atomic E-state index is 0.0231. The van der Waals surface area contributed by atoms with Crippen LogP contribution in [-0.2, 0) is 51.3 Å². The Balaban J connectivity index is 0.960. The van der Waals surface area contributed by atoms with Gasteiger partial charge in [0.1, 0.15) is 0 Å². The number of imide groups is 1. The van der Waals surface area contributed by atoms with Crippen molar-refractivity contribution < 1.29 is 28.2 Å². The number of carbonyl (C=O) groups excluding carboxylic acids is 2. The lowest BCUT2D eigenvalue weighted by atomic mass is 9.73. The highest BCUT2D eigenvalue weighted by atomic mass is 16.6. The summed E-state index contributed by atoms with van der Waals surface area (Å²) in [6.45, 7) is 18.2. The molecule has 2 saturated heterocycles. The van der Waals surface area contributed by atoms with Crippen LogP contribution in [0.15, 0.2) is 127 Å². The third-order valence-electron chi connectivity index (χ3n) is 14.1. The number of hydrogen-bond donors (Lipinski definition) is 1. The number of rotatable bonds is 20. The van der Waals surface area contributed by atoms with Crippen LogP contribution in [0.1, 0.15) is 96.0 Å². The van der Waals surface area contributed by atoms with Crippen molar-refractivity contribution in [3.8, 4) is 0 Å². The Hall–Kier alpha value is -5.79. The maximum absolute atomic E-state index is 14.4. The molecule has 2 amide bonds. The lowest BCUT2D eigenvalue weighted by Gasteiger charge is -2.34. The Kier molecular flexibility index (Phi) is 16.0. The summed E-state index contributed by atoms with van der Waals surface area (Å²) in [6.07, 6.45) is 2.11. The van der Waals surface area contributed by atoms with Crippen LogP contribution in [0.2, 0.25) is 0 Å². The predicted octanol–water partition coefficient (Wildman–Crippen LogP) is 9.16. The van der Waals surface area contributed by atoms with Gasteiger partial charge in [0.2, 0.25) is 0 Å². The van der Waals surface area contributed by atoms with Crippen LogP contribution in [-0.4, -0.2) is 101 Å². The van der Waals surface area contributed by atoms with Crippen LogP contribution in [0, 0.1) is 10.8 Å². The smallest absolute Gasteiger partial charge is 0.407 e. The molecule has 0 unspecified atom stereocenters. The summed E-state index contributed by atoms with van der Waals surface area (Å²) in [5, 5.41) is 5.16. The first-order valence-corrected chi connectivity index (χ1v) is 25.8. The van der Waals surface area contributed by atoms with Gasteiger partial charge in [-0.1, -0.05) is 138 Å². The molecule has 0 atom stereocenters. The van der Waals surface area contributed by atoms with Gasteiger partial charge >= 0.3 is 14.2 Å². The van der Waals surface area contributed by atoms with Gasteiger partial charge in [-0.25, -0.2) is 0 Å². The van der Waals surface area contributed by atoms with Crippen LogP contribution < -0.4 is 21.1 Å². The van der Waals surface area contributed by atoms with Crippen molar-refractivity contribution in [3.63, 3.8) is 0 Å². The van der Waals surface area contributed by atoms with Crippen LogP contribution in [0.3, 0.4) is 0 Å². The molecule has 0 aromatic heterocycles. The maximum atomic E-state index is 14.4. The van der Waals surface area contributed by atoms with Gasteiger partial charge in [-0.2, -0.15) is 0 Å². The van der Waals surface area contributed by atoms with Gasteiger partial charge in [-0.05, 0) is 75.5 Å². The lowest BCUT2D eigenvalue weighted by molar-refractivity contribution is 0.0341. The summed E-state index contributed by atoms with van der Waals surface area (Å²) in [4.78, 5) is 37.1. The van der Waals surface area contributed by atoms with Gasteiger partial charge in [0.25, 0.3) is 11.8 Å². The SMILES string of the molecule is CCCCNc1ccc2c3c(cccc13)C(=O)N(CCN(Cc1ccc(CN(Cc3ccc(N(C)C)cc3)Cc3ccccc3B3OCC(C)(C)CO3)cc1)Cc1ccccc1B1OCC(C)(C)CO1)C2=O. The Morgan fingerprint density at radius 1 is 0.569 bits per heavy atom. The molecule has 0 aliphatic carbocycles. The first-order chi connectivity index (χ1) is 34.7. The fourth-order valence-electron chi connectivity index (χ4n) is 9.99. The molecule has 0 spiro atoms. The molecule has 3 aliphatic heterocycles. The largest absolute Gasteiger partial charge is 0.494 e. The van der Waals surface area contributed by atoms with Crippen molar-refractivity contribution in [1.29, 1.82) is 0 Å². The minimum Gasteiger partial charge on any atom is -0.407 e. The molecule has 3 aliphatic rings. The van der Waals surface area contributed by atoms with E-state index < -0.39 is 14.2 Å². The number of benzene rings is 6. The number of hydrogen-bond acceptors (Lipinski definition) is 10. The second kappa shape index (κ2) is 22.5. The summed E-state index contributed by atoms with van der Waals surface area (Å²) in [7, 11) is 3.25. The molecule has 13 heteroatoms. The average Bonchev–Trinajstić information content (AvgIpc) is 3.37. The normalized spacial score (nSPS) is 16.5. The van der Waals surface area contributed by atoms with E-state index in [1.807, 2.05) is 36.4 Å². The molecule has 0 saturated carbocycles. The molecule has 6 aromatic rings. The molecule has 11 nitrogen and oxygen atoms in total. The highest BCUT2D eigenvalue weighted by molar-refractivity contribution is 6.62. The van der Waals surface area contributed by atoms with Crippen molar-refractivity contribution in [3.05, 3.63) is 166 Å². The number of anilines is 2. The average molecular weight is 968 g/mol. The molecule has 6 aromatic carbocycles. The summed E-state index contributed by atoms with van der Waals surface area (Å²) in [5.41, 5.74) is 11.0. The van der Waals surface area contributed by atoms with Gasteiger partial charge in [0, 0.05) is 137 Å². The van der Waals surface area contributed by atoms with Gasteiger partial charge in [-0.15, -0.1) is 0 Å². The molecule has 9 rings (SSSR count). The third kappa shape index (κ3) is 12.2. The Bertz CT molecular complexity index is 2800. The van der Waals surface area contributed by atoms with Crippen LogP contribution in [0.4, 0.5) is 11.4 Å². The number of carbonyl (C=O) groups is 2. The van der Waals surface area contributed by atoms with Crippen LogP contribution in [0.5, 0.6) is 0 Å². The van der Waals surface area contributed by atoms with E-state index in [2.05, 4.69) is 160 Å². The van der Waals surface area contributed by atoms with E-state index in [-0.39, 0.29) is 29.2 Å². The molecule has 3 heterocycles. The minimum atomic E-state index is -0.477. The first kappa shape index (κ1) is 51.1. The quantitative estimate of drug-likeness (QED) is 0.0454. The molecule has 0 bridgehead atoms. The van der Waals surface area contributed by atoms with Crippen molar-refractivity contribution in [2.45, 2.75) is 80.2 Å². The van der Waals surface area contributed by atoms with Gasteiger partial charge in [-0.3, -0.25) is 24.3 Å². The zero-order valence-corrected chi connectivity index (χ0v) is 43.4. The highest BCUT2D eigenvalue weighted by Crippen LogP contribution is 2.35. The zero-order valence-electron chi connectivity index (χ0n) is 43.4. The number of unbranched alkanes of at least 4 members (excludes halogenated alkanes) is 1. The highest BCUT2D eigenvalue weighted by Gasteiger charge is 2.37. The van der Waals surface area contributed by atoms with E-state index in [1.54, 1.807) is 0 Å². The summed E-state index contributed by atoms with van der Waals surface area (Å²) < 4.78 is 25.2. The predicted molar refractivity (Wildman–Crippen MR) is 292 cm³/mol. The van der Waals surface area contributed by atoms with Gasteiger partial charge in [0.15, 0.2) is 0 Å². The Labute approximate surface area is 428 Å². The summed E-state index contributed by atoms with van der Waals surface area (Å²) in [6, 6.07) is 44.1. The van der Waals surface area contributed by atoms with Crippen molar-refractivity contribution >= 4 is 59.1 Å². The van der Waals surface area contributed by atoms with Crippen LogP contribution in [0.25, 0.3) is 10.8 Å². The molecule has 72 heavy (non-hydrogen) atoms. The maximum Gasteiger partial charge on any atom is 0.494 e. The Morgan fingerprint density at radius 3 is 1.58 bits per heavy atom. The van der Waals surface area contributed by atoms with Crippen molar-refractivity contribution in [2.24, 2.45) is 10.8 Å². The van der Waals surface area contributed by atoms with E-state index in [0.717, 1.165) is 71.0 Å². The number of amides is 2. The molecule has 2 fully saturated rings. The summed E-state index contributed by atoms with van der Waals surface area (Å²) >= 11 is 0. The molecule has 0 radical (unpaired) electrons. The van der Waals surface area contributed by atoms with E-state index in [9.17, 15) is 9.59 Å². The van der Waals surface area contributed by atoms with Crippen molar-refractivity contribution in [1.82, 2.24) is 14.7 Å². The topological polar surface area (TPSA) is 96.1 Å². The molecular formula is C59H71B2N5O6. The van der Waals surface area contributed by atoms with E-state index >= 15 is 0 Å². The lowest BCUT2D eigenvalue weighted by Crippen LogP contribution is -2.49. The van der Waals surface area contributed by atoms with Gasteiger partial charge in [0.05, 0.1) is 0 Å². The van der Waals surface area contributed by atoms with E-state index in [4.69, 9.17) is 18.6 Å². The number of nitrogens with zero attached hydrogens (tertiary/aromatic N) is 4. The fourth-order valence-corrected chi connectivity index (χ4v) is 9.99. The monoisotopic (exact) mass is 968 g/mol. The second-order valence-corrected chi connectivity index (χ2v) is 21.8. The zero-order chi connectivity index (χ0) is 50.4. The molecule has 374 valence electrons. The second-order valence-electron chi connectivity index (χ2n) is 21.8. The Morgan fingerprint density at radius 2 is 1.06 bits per heavy atom. The van der Waals surface area contributed by atoms with Crippen LogP contribution >= 0.6 is 0 Å². The first-order valence-electron chi connectivity index (χ1n) is 25.8.